The number of amides is 1. The van der Waals surface area contributed by atoms with E-state index in [1.807, 2.05) is 0 Å². The normalized spacial score (nSPS) is 19.3. The van der Waals surface area contributed by atoms with E-state index < -0.39 is 74.2 Å². The predicted octanol–water partition coefficient (Wildman–Crippen LogP) is 16.4. The molecule has 0 saturated carbocycles. The van der Waals surface area contributed by atoms with Gasteiger partial charge in [-0.2, -0.15) is 0 Å². The number of hydrogen-bond acceptors (Lipinski definition) is 10. The van der Waals surface area contributed by atoms with Gasteiger partial charge in [0.25, 0.3) is 0 Å². The molecule has 1 fully saturated rings. The lowest BCUT2D eigenvalue weighted by Gasteiger charge is -2.40. The van der Waals surface area contributed by atoms with E-state index >= 15 is 0 Å². The first-order valence-corrected chi connectivity index (χ1v) is 34.7. The number of carbonyl (C=O) groups excluding carboxylic acids is 1. The van der Waals surface area contributed by atoms with E-state index in [0.717, 1.165) is 38.5 Å². The first kappa shape index (κ1) is 76.6. The highest BCUT2D eigenvalue weighted by atomic mass is 16.7. The Balaban J connectivity index is 2.23. The molecule has 11 heteroatoms. The van der Waals surface area contributed by atoms with Crippen LogP contribution in [0, 0.1) is 0 Å². The first-order chi connectivity index (χ1) is 39.2. The number of hydrogen-bond donors (Lipinski definition) is 8. The van der Waals surface area contributed by atoms with E-state index in [2.05, 4.69) is 43.5 Å². The van der Waals surface area contributed by atoms with Crippen molar-refractivity contribution in [3.8, 4) is 0 Å². The molecular formula is C69H133NO10. The number of aliphatic hydroxyl groups is 7. The zero-order chi connectivity index (χ0) is 58.2. The number of rotatable bonds is 61. The first-order valence-electron chi connectivity index (χ1n) is 34.7. The highest BCUT2D eigenvalue weighted by Gasteiger charge is 2.44. The number of nitrogens with one attached hydrogen (secondary N) is 1. The van der Waals surface area contributed by atoms with Crippen LogP contribution in [0.1, 0.15) is 341 Å². The van der Waals surface area contributed by atoms with E-state index in [0.29, 0.717) is 12.8 Å². The molecule has 0 aromatic heterocycles. The van der Waals surface area contributed by atoms with Gasteiger partial charge in [-0.25, -0.2) is 0 Å². The third kappa shape index (κ3) is 45.0. The lowest BCUT2D eigenvalue weighted by atomic mass is 9.98. The van der Waals surface area contributed by atoms with Gasteiger partial charge in [0.05, 0.1) is 25.4 Å². The molecule has 1 heterocycles. The second-order valence-electron chi connectivity index (χ2n) is 24.6. The molecule has 0 spiro atoms. The predicted molar refractivity (Wildman–Crippen MR) is 335 cm³/mol. The van der Waals surface area contributed by atoms with Crippen LogP contribution in [0.25, 0.3) is 0 Å². The minimum Gasteiger partial charge on any atom is -0.394 e. The molecule has 474 valence electrons. The van der Waals surface area contributed by atoms with Crippen molar-refractivity contribution < 1.29 is 50.0 Å². The highest BCUT2D eigenvalue weighted by molar-refractivity contribution is 5.80. The maximum Gasteiger partial charge on any atom is 0.249 e. The maximum atomic E-state index is 13.2. The van der Waals surface area contributed by atoms with Crippen LogP contribution in [0.15, 0.2) is 24.3 Å². The van der Waals surface area contributed by atoms with Gasteiger partial charge >= 0.3 is 0 Å². The fourth-order valence-electron chi connectivity index (χ4n) is 11.4. The van der Waals surface area contributed by atoms with E-state index in [9.17, 15) is 40.5 Å². The number of allylic oxidation sites excluding steroid dienone is 4. The summed E-state index contributed by atoms with van der Waals surface area (Å²) < 4.78 is 11.2. The van der Waals surface area contributed by atoms with Crippen LogP contribution in [-0.2, 0) is 14.3 Å². The van der Waals surface area contributed by atoms with Crippen LogP contribution < -0.4 is 5.32 Å². The molecule has 8 N–H and O–H groups in total. The molecular weight excluding hydrogens is 1000 g/mol. The molecule has 1 aliphatic rings. The number of ether oxygens (including phenoxy) is 2. The summed E-state index contributed by atoms with van der Waals surface area (Å²) in [5, 5.41) is 76.5. The van der Waals surface area contributed by atoms with Gasteiger partial charge in [-0.1, -0.05) is 301 Å². The van der Waals surface area contributed by atoms with Crippen LogP contribution in [0.4, 0.5) is 0 Å². The monoisotopic (exact) mass is 1140 g/mol. The number of unbranched alkanes of at least 4 members (excludes halogenated alkanes) is 45. The maximum absolute atomic E-state index is 13.2. The summed E-state index contributed by atoms with van der Waals surface area (Å²) in [6.45, 7) is 3.50. The lowest BCUT2D eigenvalue weighted by Crippen LogP contribution is -2.60. The van der Waals surface area contributed by atoms with Gasteiger partial charge in [-0.05, 0) is 64.2 Å². The molecule has 9 unspecified atom stereocenters. The van der Waals surface area contributed by atoms with Crippen molar-refractivity contribution in [2.45, 2.75) is 396 Å². The third-order valence-corrected chi connectivity index (χ3v) is 17.0. The minimum atomic E-state index is -1.67. The summed E-state index contributed by atoms with van der Waals surface area (Å²) >= 11 is 0. The zero-order valence-corrected chi connectivity index (χ0v) is 52.3. The minimum absolute atomic E-state index is 0.254. The van der Waals surface area contributed by atoms with Crippen molar-refractivity contribution in [1.29, 1.82) is 0 Å². The van der Waals surface area contributed by atoms with Crippen LogP contribution in [0.3, 0.4) is 0 Å². The molecule has 0 aromatic rings. The summed E-state index contributed by atoms with van der Waals surface area (Å²) in [7, 11) is 0. The van der Waals surface area contributed by atoms with Gasteiger partial charge in [0.15, 0.2) is 6.29 Å². The molecule has 1 amide bonds. The molecule has 0 aliphatic carbocycles. The topological polar surface area (TPSA) is 189 Å². The van der Waals surface area contributed by atoms with E-state index in [-0.39, 0.29) is 12.8 Å². The fraction of sp³-hybridized carbons (Fsp3) is 0.928. The van der Waals surface area contributed by atoms with Crippen molar-refractivity contribution in [2.75, 3.05) is 13.2 Å². The van der Waals surface area contributed by atoms with E-state index in [4.69, 9.17) is 9.47 Å². The Labute approximate surface area is 493 Å². The van der Waals surface area contributed by atoms with Crippen molar-refractivity contribution in [3.63, 3.8) is 0 Å². The quantitative estimate of drug-likeness (QED) is 0.0215. The molecule has 0 bridgehead atoms. The Morgan fingerprint density at radius 2 is 0.738 bits per heavy atom. The van der Waals surface area contributed by atoms with Gasteiger partial charge in [-0.3, -0.25) is 4.79 Å². The van der Waals surface area contributed by atoms with Crippen LogP contribution in [0.2, 0.25) is 0 Å². The summed E-state index contributed by atoms with van der Waals surface area (Å²) in [6.07, 6.45) is 61.2. The van der Waals surface area contributed by atoms with Crippen LogP contribution in [-0.4, -0.2) is 110 Å². The highest BCUT2D eigenvalue weighted by Crippen LogP contribution is 2.24. The number of carbonyl (C=O) groups is 1. The number of aliphatic hydroxyl groups excluding tert-OH is 7. The van der Waals surface area contributed by atoms with Gasteiger partial charge in [0.1, 0.15) is 36.6 Å². The zero-order valence-electron chi connectivity index (χ0n) is 52.3. The summed E-state index contributed by atoms with van der Waals surface area (Å²) in [6, 6.07) is -1.19. The second kappa shape index (κ2) is 58.0. The van der Waals surface area contributed by atoms with Crippen LogP contribution in [0.5, 0.6) is 0 Å². The average molecular weight is 1140 g/mol. The van der Waals surface area contributed by atoms with Crippen molar-refractivity contribution in [2.24, 2.45) is 0 Å². The molecule has 1 rings (SSSR count). The molecule has 9 atom stereocenters. The standard InChI is InChI=1S/C69H133NO10/c1-3-5-7-9-11-13-15-17-19-21-23-25-27-29-31-33-34-36-38-40-42-44-46-48-50-52-54-56-61(72)64(74)60(59-79-69-67(77)66(76)65(75)63(58-71)80-69)70-68(78)62(73)57-55-53-51-49-47-45-43-41-39-37-35-32-30-28-26-24-22-20-18-16-14-12-10-8-6-4-2/h30,32,48,50,60-67,69,71-77H,3-29,31,33-47,49,51-59H2,1-2H3,(H,70,78)/b32-30-,50-48+. The Morgan fingerprint density at radius 3 is 1.07 bits per heavy atom. The van der Waals surface area contributed by atoms with E-state index in [1.54, 1.807) is 0 Å². The fourth-order valence-corrected chi connectivity index (χ4v) is 11.4. The second-order valence-corrected chi connectivity index (χ2v) is 24.6. The molecule has 1 saturated heterocycles. The van der Waals surface area contributed by atoms with Crippen molar-refractivity contribution in [1.82, 2.24) is 5.32 Å². The van der Waals surface area contributed by atoms with E-state index in [1.165, 1.54) is 263 Å². The Hall–Kier alpha value is -1.41. The Bertz CT molecular complexity index is 1350. The van der Waals surface area contributed by atoms with Crippen molar-refractivity contribution in [3.05, 3.63) is 24.3 Å². The van der Waals surface area contributed by atoms with Crippen LogP contribution >= 0.6 is 0 Å². The molecule has 80 heavy (non-hydrogen) atoms. The third-order valence-electron chi connectivity index (χ3n) is 17.0. The molecule has 0 aromatic carbocycles. The summed E-state index contributed by atoms with van der Waals surface area (Å²) in [5.41, 5.74) is 0. The van der Waals surface area contributed by atoms with Crippen molar-refractivity contribution >= 4 is 5.91 Å². The SMILES string of the molecule is CCCCCCCCCCCCCC/C=C\CCCCCCCCCCCCC(O)C(=O)NC(COC1OC(CO)C(O)C(O)C1O)C(O)C(O)CCC/C=C/CCCCCCCCCCCCCCCCCCCCCCCC. The molecule has 0 radical (unpaired) electrons. The summed E-state index contributed by atoms with van der Waals surface area (Å²) in [4.78, 5) is 13.2. The molecule has 1 aliphatic heterocycles. The summed E-state index contributed by atoms with van der Waals surface area (Å²) in [5.74, 6) is -0.702. The van der Waals surface area contributed by atoms with Gasteiger partial charge < -0.3 is 50.5 Å². The lowest BCUT2D eigenvalue weighted by molar-refractivity contribution is -0.303. The Kier molecular flexibility index (Phi) is 55.5. The largest absolute Gasteiger partial charge is 0.394 e. The molecule has 11 nitrogen and oxygen atoms in total. The smallest absolute Gasteiger partial charge is 0.249 e. The van der Waals surface area contributed by atoms with Gasteiger partial charge in [-0.15, -0.1) is 0 Å². The Morgan fingerprint density at radius 1 is 0.425 bits per heavy atom. The average Bonchev–Trinajstić information content (AvgIpc) is 3.48. The van der Waals surface area contributed by atoms with Gasteiger partial charge in [0, 0.05) is 0 Å². The van der Waals surface area contributed by atoms with Gasteiger partial charge in [0.2, 0.25) is 5.91 Å².